The summed E-state index contributed by atoms with van der Waals surface area (Å²) in [6, 6.07) is 5.32. The zero-order chi connectivity index (χ0) is 16.5. The molecule has 1 heterocycles. The minimum atomic E-state index is -0.850. The molecule has 1 aromatic rings. The Balaban J connectivity index is 2.06. The van der Waals surface area contributed by atoms with E-state index in [0.29, 0.717) is 23.9 Å². The van der Waals surface area contributed by atoms with Gasteiger partial charge in [-0.15, -0.1) is 0 Å². The molecule has 0 saturated carbocycles. The van der Waals surface area contributed by atoms with Gasteiger partial charge in [0.05, 0.1) is 0 Å². The minimum absolute atomic E-state index is 0.0639. The molecule has 1 aromatic carbocycles. The fourth-order valence-electron chi connectivity index (χ4n) is 2.61. The molecule has 0 unspecified atom stereocenters. The van der Waals surface area contributed by atoms with E-state index in [0.717, 1.165) is 5.56 Å². The van der Waals surface area contributed by atoms with Crippen LogP contribution < -0.4 is 4.74 Å². The fourth-order valence-corrected chi connectivity index (χ4v) is 2.78. The van der Waals surface area contributed by atoms with Gasteiger partial charge in [0.15, 0.2) is 6.61 Å². The highest BCUT2D eigenvalue weighted by molar-refractivity contribution is 6.31. The lowest BCUT2D eigenvalue weighted by Crippen LogP contribution is -2.64. The number of carbonyl (C=O) groups is 2. The molecule has 2 rings (SSSR count). The van der Waals surface area contributed by atoms with Crippen molar-refractivity contribution in [2.24, 2.45) is 0 Å². The van der Waals surface area contributed by atoms with Crippen LogP contribution in [0, 0.1) is 6.92 Å². The van der Waals surface area contributed by atoms with Crippen molar-refractivity contribution < 1.29 is 14.3 Å². The zero-order valence-electron chi connectivity index (χ0n) is 13.4. The van der Waals surface area contributed by atoms with Crippen molar-refractivity contribution in [2.45, 2.75) is 26.3 Å². The van der Waals surface area contributed by atoms with Crippen LogP contribution in [-0.2, 0) is 9.59 Å². The summed E-state index contributed by atoms with van der Waals surface area (Å²) in [7, 11) is 1.75. The molecule has 0 aromatic heterocycles. The van der Waals surface area contributed by atoms with Gasteiger partial charge in [-0.3, -0.25) is 9.59 Å². The fraction of sp³-hybridized carbons (Fsp3) is 0.500. The molecule has 22 heavy (non-hydrogen) atoms. The van der Waals surface area contributed by atoms with Gasteiger partial charge in [-0.25, -0.2) is 0 Å². The first kappa shape index (κ1) is 16.6. The van der Waals surface area contributed by atoms with Crippen LogP contribution in [0.4, 0.5) is 0 Å². The van der Waals surface area contributed by atoms with Crippen molar-refractivity contribution in [2.75, 3.05) is 26.7 Å². The summed E-state index contributed by atoms with van der Waals surface area (Å²) in [5.41, 5.74) is -0.0534. The molecule has 1 fully saturated rings. The number of halogens is 1. The van der Waals surface area contributed by atoms with Crippen LogP contribution in [0.15, 0.2) is 18.2 Å². The van der Waals surface area contributed by atoms with E-state index in [1.165, 1.54) is 0 Å². The Bertz CT molecular complexity index is 601. The normalized spacial score (nSPS) is 17.6. The summed E-state index contributed by atoms with van der Waals surface area (Å²) in [4.78, 5) is 27.9. The molecule has 1 saturated heterocycles. The number of piperazine rings is 1. The van der Waals surface area contributed by atoms with Gasteiger partial charge in [0.1, 0.15) is 11.3 Å². The van der Waals surface area contributed by atoms with E-state index in [1.807, 2.05) is 6.92 Å². The molecule has 1 aliphatic heterocycles. The van der Waals surface area contributed by atoms with E-state index < -0.39 is 5.54 Å². The number of benzene rings is 1. The van der Waals surface area contributed by atoms with Crippen molar-refractivity contribution in [1.29, 1.82) is 0 Å². The van der Waals surface area contributed by atoms with Gasteiger partial charge in [-0.1, -0.05) is 17.7 Å². The van der Waals surface area contributed by atoms with Crippen LogP contribution in [-0.4, -0.2) is 53.9 Å². The number of nitrogens with zero attached hydrogens (tertiary/aromatic N) is 2. The molecule has 5 nitrogen and oxygen atoms in total. The van der Waals surface area contributed by atoms with Gasteiger partial charge in [-0.2, -0.15) is 0 Å². The largest absolute Gasteiger partial charge is 0.483 e. The SMILES string of the molecule is Cc1c(Cl)cccc1OCC(=O)N1CCN(C)C(=O)C1(C)C. The van der Waals surface area contributed by atoms with Crippen molar-refractivity contribution in [3.05, 3.63) is 28.8 Å². The zero-order valence-corrected chi connectivity index (χ0v) is 14.1. The van der Waals surface area contributed by atoms with Crippen molar-refractivity contribution in [3.63, 3.8) is 0 Å². The first-order valence-electron chi connectivity index (χ1n) is 7.19. The van der Waals surface area contributed by atoms with E-state index in [9.17, 15) is 9.59 Å². The van der Waals surface area contributed by atoms with E-state index in [4.69, 9.17) is 16.3 Å². The molecule has 0 radical (unpaired) electrons. The molecule has 0 atom stereocenters. The van der Waals surface area contributed by atoms with Gasteiger partial charge >= 0.3 is 0 Å². The highest BCUT2D eigenvalue weighted by atomic mass is 35.5. The third kappa shape index (κ3) is 3.04. The highest BCUT2D eigenvalue weighted by Crippen LogP contribution is 2.26. The molecule has 1 aliphatic rings. The average molecular weight is 325 g/mol. The maximum atomic E-state index is 12.4. The monoisotopic (exact) mass is 324 g/mol. The lowest BCUT2D eigenvalue weighted by Gasteiger charge is -2.44. The lowest BCUT2D eigenvalue weighted by atomic mass is 9.98. The number of carbonyl (C=O) groups excluding carboxylic acids is 2. The summed E-state index contributed by atoms with van der Waals surface area (Å²) in [6.07, 6.45) is 0. The minimum Gasteiger partial charge on any atom is -0.483 e. The van der Waals surface area contributed by atoms with Gasteiger partial charge in [0.25, 0.3) is 5.91 Å². The Hall–Kier alpha value is -1.75. The van der Waals surface area contributed by atoms with Crippen molar-refractivity contribution in [1.82, 2.24) is 9.80 Å². The first-order valence-corrected chi connectivity index (χ1v) is 7.57. The molecule has 120 valence electrons. The number of rotatable bonds is 3. The van der Waals surface area contributed by atoms with Gasteiger partial charge < -0.3 is 14.5 Å². The molecule has 2 amide bonds. The maximum absolute atomic E-state index is 12.4. The van der Waals surface area contributed by atoms with E-state index >= 15 is 0 Å². The van der Waals surface area contributed by atoms with E-state index in [2.05, 4.69) is 0 Å². The second kappa shape index (κ2) is 6.16. The van der Waals surface area contributed by atoms with Crippen LogP contribution in [0.3, 0.4) is 0 Å². The standard InChI is InChI=1S/C16H21ClN2O3/c1-11-12(17)6-5-7-13(11)22-10-14(20)19-9-8-18(4)15(21)16(19,2)3/h5-7H,8-10H2,1-4H3. The number of hydrogen-bond donors (Lipinski definition) is 0. The van der Waals surface area contributed by atoms with Crippen molar-refractivity contribution >= 4 is 23.4 Å². The molecule has 0 spiro atoms. The third-order valence-electron chi connectivity index (χ3n) is 4.07. The lowest BCUT2D eigenvalue weighted by molar-refractivity contribution is -0.158. The summed E-state index contributed by atoms with van der Waals surface area (Å²) >= 11 is 6.03. The topological polar surface area (TPSA) is 49.9 Å². The predicted octanol–water partition coefficient (Wildman–Crippen LogP) is 2.11. The molecule has 0 bridgehead atoms. The average Bonchev–Trinajstić information content (AvgIpc) is 2.46. The number of ether oxygens (including phenoxy) is 1. The Labute approximate surface area is 135 Å². The van der Waals surface area contributed by atoms with Crippen LogP contribution in [0.5, 0.6) is 5.75 Å². The molecule has 6 heteroatoms. The highest BCUT2D eigenvalue weighted by Gasteiger charge is 2.42. The van der Waals surface area contributed by atoms with Gasteiger partial charge in [0.2, 0.25) is 5.91 Å². The van der Waals surface area contributed by atoms with Gasteiger partial charge in [0, 0.05) is 30.7 Å². The molecule has 0 N–H and O–H groups in total. The molecule has 0 aliphatic carbocycles. The van der Waals surface area contributed by atoms with Crippen LogP contribution in [0.25, 0.3) is 0 Å². The van der Waals surface area contributed by atoms with Crippen LogP contribution in [0.1, 0.15) is 19.4 Å². The third-order valence-corrected chi connectivity index (χ3v) is 4.48. The van der Waals surface area contributed by atoms with Crippen molar-refractivity contribution in [3.8, 4) is 5.75 Å². The Morgan fingerprint density at radius 3 is 2.73 bits per heavy atom. The number of amides is 2. The Morgan fingerprint density at radius 1 is 1.36 bits per heavy atom. The molecular formula is C16H21ClN2O3. The summed E-state index contributed by atoms with van der Waals surface area (Å²) < 4.78 is 5.59. The summed E-state index contributed by atoms with van der Waals surface area (Å²) in [5.74, 6) is 0.316. The van der Waals surface area contributed by atoms with Crippen LogP contribution >= 0.6 is 11.6 Å². The smallest absolute Gasteiger partial charge is 0.261 e. The first-order chi connectivity index (χ1) is 10.2. The second-order valence-electron chi connectivity index (χ2n) is 5.98. The van der Waals surface area contributed by atoms with Gasteiger partial charge in [-0.05, 0) is 32.9 Å². The summed E-state index contributed by atoms with van der Waals surface area (Å²) in [5, 5.41) is 0.597. The summed E-state index contributed by atoms with van der Waals surface area (Å²) in [6.45, 7) is 6.28. The second-order valence-corrected chi connectivity index (χ2v) is 6.39. The predicted molar refractivity (Wildman–Crippen MR) is 85.1 cm³/mol. The number of hydrogen-bond acceptors (Lipinski definition) is 3. The number of likely N-dealkylation sites (N-methyl/N-ethyl adjacent to an activating group) is 1. The van der Waals surface area contributed by atoms with E-state index in [1.54, 1.807) is 48.9 Å². The maximum Gasteiger partial charge on any atom is 0.261 e. The van der Waals surface area contributed by atoms with Crippen LogP contribution in [0.2, 0.25) is 5.02 Å². The van der Waals surface area contributed by atoms with E-state index in [-0.39, 0.29) is 18.4 Å². The molecular weight excluding hydrogens is 304 g/mol. The Morgan fingerprint density at radius 2 is 2.05 bits per heavy atom. The Kier molecular flexibility index (Phi) is 4.66. The quantitative estimate of drug-likeness (QED) is 0.855.